The standard InChI is InChI=1S/C15H23F5O2/c1-2-3-4-5-6-7-8-9-10-11-12-22-13(21)14(16,17)15(18,19)20/h5-6H,2-4,7-12H2,1H3/b6-5-. The second-order valence-electron chi connectivity index (χ2n) is 5.02. The van der Waals surface area contributed by atoms with Crippen LogP contribution in [-0.4, -0.2) is 24.7 Å². The Kier molecular flexibility index (Phi) is 10.0. The summed E-state index contributed by atoms with van der Waals surface area (Å²) in [4.78, 5) is 10.7. The monoisotopic (exact) mass is 330 g/mol. The third-order valence-corrected chi connectivity index (χ3v) is 3.00. The number of carbonyl (C=O) groups is 1. The maximum atomic E-state index is 12.5. The molecule has 0 radical (unpaired) electrons. The predicted molar refractivity (Wildman–Crippen MR) is 73.7 cm³/mol. The molecule has 0 heterocycles. The molecular formula is C15H23F5O2. The van der Waals surface area contributed by atoms with Gasteiger partial charge in [0.05, 0.1) is 6.61 Å². The van der Waals surface area contributed by atoms with Gasteiger partial charge in [-0.2, -0.15) is 22.0 Å². The van der Waals surface area contributed by atoms with E-state index in [1.165, 1.54) is 0 Å². The minimum Gasteiger partial charge on any atom is -0.461 e. The highest BCUT2D eigenvalue weighted by atomic mass is 19.4. The minimum atomic E-state index is -5.91. The molecule has 0 atom stereocenters. The van der Waals surface area contributed by atoms with Crippen molar-refractivity contribution in [3.63, 3.8) is 0 Å². The van der Waals surface area contributed by atoms with Crippen molar-refractivity contribution < 1.29 is 31.5 Å². The first-order valence-electron chi connectivity index (χ1n) is 7.50. The molecule has 0 N–H and O–H groups in total. The highest BCUT2D eigenvalue weighted by Gasteiger charge is 2.64. The van der Waals surface area contributed by atoms with E-state index < -0.39 is 24.7 Å². The fraction of sp³-hybridized carbons (Fsp3) is 0.800. The second kappa shape index (κ2) is 10.6. The van der Waals surface area contributed by atoms with Gasteiger partial charge in [-0.25, -0.2) is 4.79 Å². The van der Waals surface area contributed by atoms with Gasteiger partial charge in [-0.05, 0) is 25.7 Å². The second-order valence-corrected chi connectivity index (χ2v) is 5.02. The van der Waals surface area contributed by atoms with Gasteiger partial charge in [0.1, 0.15) is 0 Å². The van der Waals surface area contributed by atoms with Gasteiger partial charge in [0, 0.05) is 0 Å². The molecule has 0 aliphatic rings. The molecule has 0 spiro atoms. The molecule has 0 aliphatic carbocycles. The summed E-state index contributed by atoms with van der Waals surface area (Å²) in [5.74, 6) is -7.96. The van der Waals surface area contributed by atoms with Gasteiger partial charge < -0.3 is 4.74 Å². The highest BCUT2D eigenvalue weighted by molar-refractivity contribution is 5.78. The molecule has 0 aromatic heterocycles. The van der Waals surface area contributed by atoms with E-state index >= 15 is 0 Å². The summed E-state index contributed by atoms with van der Waals surface area (Å²) in [5.41, 5.74) is 0. The number of alkyl halides is 5. The number of ether oxygens (including phenoxy) is 1. The molecule has 0 aromatic carbocycles. The molecular weight excluding hydrogens is 307 g/mol. The quantitative estimate of drug-likeness (QED) is 0.219. The van der Waals surface area contributed by atoms with Crippen molar-refractivity contribution in [2.24, 2.45) is 0 Å². The summed E-state index contributed by atoms with van der Waals surface area (Å²) in [6.07, 6.45) is 5.18. The number of carbonyl (C=O) groups excluding carboxylic acids is 1. The Labute approximate surface area is 127 Å². The van der Waals surface area contributed by atoms with Crippen LogP contribution in [0, 0.1) is 0 Å². The molecule has 0 saturated carbocycles. The lowest BCUT2D eigenvalue weighted by molar-refractivity contribution is -0.280. The highest BCUT2D eigenvalue weighted by Crippen LogP contribution is 2.36. The van der Waals surface area contributed by atoms with Crippen LogP contribution < -0.4 is 0 Å². The molecule has 7 heteroatoms. The topological polar surface area (TPSA) is 26.3 Å². The molecule has 0 saturated heterocycles. The molecule has 0 amide bonds. The predicted octanol–water partition coefficient (Wildman–Crippen LogP) is 5.42. The molecule has 0 unspecified atom stereocenters. The Morgan fingerprint density at radius 3 is 2.00 bits per heavy atom. The Hall–Kier alpha value is -1.14. The van der Waals surface area contributed by atoms with Gasteiger partial charge in [-0.1, -0.05) is 44.8 Å². The van der Waals surface area contributed by atoms with Crippen LogP contribution in [-0.2, 0) is 9.53 Å². The lowest BCUT2D eigenvalue weighted by atomic mass is 10.1. The Balaban J connectivity index is 3.62. The third kappa shape index (κ3) is 8.34. The summed E-state index contributed by atoms with van der Waals surface area (Å²) in [5, 5.41) is 0. The van der Waals surface area contributed by atoms with Gasteiger partial charge in [-0.15, -0.1) is 0 Å². The summed E-state index contributed by atoms with van der Waals surface area (Å²) >= 11 is 0. The normalized spacial score (nSPS) is 12.8. The maximum Gasteiger partial charge on any atom is 0.465 e. The minimum absolute atomic E-state index is 0.277. The van der Waals surface area contributed by atoms with E-state index in [-0.39, 0.29) is 6.42 Å². The molecule has 0 aliphatic heterocycles. The van der Waals surface area contributed by atoms with E-state index in [0.29, 0.717) is 6.42 Å². The molecule has 0 aromatic rings. The first-order chi connectivity index (χ1) is 10.2. The van der Waals surface area contributed by atoms with Crippen LogP contribution >= 0.6 is 0 Å². The van der Waals surface area contributed by atoms with Crippen LogP contribution in [0.25, 0.3) is 0 Å². The van der Waals surface area contributed by atoms with Crippen LogP contribution in [0.2, 0.25) is 0 Å². The Morgan fingerprint density at radius 2 is 1.45 bits per heavy atom. The number of hydrogen-bond donors (Lipinski definition) is 0. The van der Waals surface area contributed by atoms with Gasteiger partial charge in [0.2, 0.25) is 0 Å². The molecule has 22 heavy (non-hydrogen) atoms. The molecule has 2 nitrogen and oxygen atoms in total. The maximum absolute atomic E-state index is 12.5. The molecule has 0 rings (SSSR count). The van der Waals surface area contributed by atoms with E-state index in [1.54, 1.807) is 0 Å². The number of allylic oxidation sites excluding steroid dienone is 2. The van der Waals surface area contributed by atoms with Gasteiger partial charge >= 0.3 is 18.1 Å². The zero-order chi connectivity index (χ0) is 17.1. The van der Waals surface area contributed by atoms with E-state index in [9.17, 15) is 26.7 Å². The first-order valence-corrected chi connectivity index (χ1v) is 7.50. The van der Waals surface area contributed by atoms with Crippen LogP contribution in [0.4, 0.5) is 22.0 Å². The number of hydrogen-bond acceptors (Lipinski definition) is 2. The molecule has 0 fully saturated rings. The van der Waals surface area contributed by atoms with E-state index in [1.807, 2.05) is 0 Å². The largest absolute Gasteiger partial charge is 0.465 e. The Bertz CT molecular complexity index is 337. The SMILES string of the molecule is CCCC/C=C\CCCCCCOC(=O)C(F)(F)C(F)(F)F. The van der Waals surface area contributed by atoms with Gasteiger partial charge in [0.25, 0.3) is 0 Å². The van der Waals surface area contributed by atoms with Crippen molar-refractivity contribution in [1.29, 1.82) is 0 Å². The average molecular weight is 330 g/mol. The smallest absolute Gasteiger partial charge is 0.461 e. The summed E-state index contributed by atoms with van der Waals surface area (Å²) in [6.45, 7) is 1.70. The van der Waals surface area contributed by atoms with E-state index in [0.717, 1.165) is 38.5 Å². The van der Waals surface area contributed by atoms with Crippen molar-refractivity contribution >= 4 is 5.97 Å². The summed E-state index contributed by atoms with van der Waals surface area (Å²) in [6, 6.07) is 0. The third-order valence-electron chi connectivity index (χ3n) is 3.00. The van der Waals surface area contributed by atoms with E-state index in [2.05, 4.69) is 23.8 Å². The van der Waals surface area contributed by atoms with Crippen LogP contribution in [0.3, 0.4) is 0 Å². The van der Waals surface area contributed by atoms with Crippen LogP contribution in [0.15, 0.2) is 12.2 Å². The first kappa shape index (κ1) is 20.9. The fourth-order valence-electron chi connectivity index (χ4n) is 1.65. The van der Waals surface area contributed by atoms with Crippen molar-refractivity contribution in [3.05, 3.63) is 12.2 Å². The number of unbranched alkanes of at least 4 members (excludes halogenated alkanes) is 6. The van der Waals surface area contributed by atoms with Crippen LogP contribution in [0.1, 0.15) is 58.3 Å². The lowest BCUT2D eigenvalue weighted by Gasteiger charge is -2.17. The van der Waals surface area contributed by atoms with Crippen molar-refractivity contribution in [1.82, 2.24) is 0 Å². The van der Waals surface area contributed by atoms with Gasteiger partial charge in [0.15, 0.2) is 0 Å². The summed E-state index contributed by atoms with van der Waals surface area (Å²) in [7, 11) is 0. The fourth-order valence-corrected chi connectivity index (χ4v) is 1.65. The number of rotatable bonds is 11. The number of halogens is 5. The zero-order valence-corrected chi connectivity index (χ0v) is 12.7. The molecule has 130 valence electrons. The van der Waals surface area contributed by atoms with Crippen LogP contribution in [0.5, 0.6) is 0 Å². The summed E-state index contributed by atoms with van der Waals surface area (Å²) < 4.78 is 64.6. The van der Waals surface area contributed by atoms with E-state index in [4.69, 9.17) is 0 Å². The van der Waals surface area contributed by atoms with Crippen molar-refractivity contribution in [2.45, 2.75) is 70.4 Å². The zero-order valence-electron chi connectivity index (χ0n) is 12.7. The molecule has 0 bridgehead atoms. The van der Waals surface area contributed by atoms with Crippen molar-refractivity contribution in [2.75, 3.05) is 6.61 Å². The average Bonchev–Trinajstić information content (AvgIpc) is 2.43. The lowest BCUT2D eigenvalue weighted by Crippen LogP contribution is -2.45. The van der Waals surface area contributed by atoms with Crippen molar-refractivity contribution in [3.8, 4) is 0 Å². The van der Waals surface area contributed by atoms with Gasteiger partial charge in [-0.3, -0.25) is 0 Å². The Morgan fingerprint density at radius 1 is 0.909 bits per heavy atom. The number of esters is 1.